The molecule has 2 aromatic rings. The number of anilines is 1. The molecule has 0 spiro atoms. The Balaban J connectivity index is 1.94. The van der Waals surface area contributed by atoms with Gasteiger partial charge in [0.05, 0.1) is 12.1 Å². The number of hydrogen-bond donors (Lipinski definition) is 2. The van der Waals surface area contributed by atoms with E-state index in [0.29, 0.717) is 33.9 Å². The minimum Gasteiger partial charge on any atom is -0.356 e. The molecule has 0 bridgehead atoms. The highest BCUT2D eigenvalue weighted by atomic mass is 35.5. The van der Waals surface area contributed by atoms with E-state index < -0.39 is 0 Å². The SMILES string of the molecule is CC(C)CNC(=O)Cc1csc(NC(=O)CN(C(=O)c2ccc(Cl)cc2)C(C)C)n1. The Hall–Kier alpha value is -2.45. The number of rotatable bonds is 9. The Morgan fingerprint density at radius 1 is 1.10 bits per heavy atom. The molecular formula is C21H27ClN4O3S. The van der Waals surface area contributed by atoms with Gasteiger partial charge in [-0.05, 0) is 44.0 Å². The standard InChI is InChI=1S/C21H27ClN4O3S/c1-13(2)10-23-18(27)9-17-12-30-21(24-17)25-19(28)11-26(14(3)4)20(29)15-5-7-16(22)8-6-15/h5-8,12-14H,9-11H2,1-4H3,(H,23,27)(H,24,25,28). The Morgan fingerprint density at radius 3 is 2.37 bits per heavy atom. The van der Waals surface area contributed by atoms with Gasteiger partial charge in [-0.2, -0.15) is 0 Å². The second-order valence-electron chi connectivity index (χ2n) is 7.60. The highest BCUT2D eigenvalue weighted by Crippen LogP contribution is 2.17. The smallest absolute Gasteiger partial charge is 0.254 e. The maximum Gasteiger partial charge on any atom is 0.254 e. The fourth-order valence-electron chi connectivity index (χ4n) is 2.55. The van der Waals surface area contributed by atoms with Crippen molar-refractivity contribution in [3.8, 4) is 0 Å². The first-order chi connectivity index (χ1) is 14.2. The van der Waals surface area contributed by atoms with E-state index in [-0.39, 0.29) is 36.7 Å². The van der Waals surface area contributed by atoms with Gasteiger partial charge in [0, 0.05) is 28.6 Å². The first-order valence-corrected chi connectivity index (χ1v) is 11.0. The number of hydrogen-bond acceptors (Lipinski definition) is 5. The van der Waals surface area contributed by atoms with Crippen molar-refractivity contribution in [3.05, 3.63) is 45.9 Å². The summed E-state index contributed by atoms with van der Waals surface area (Å²) in [6.45, 7) is 8.24. The van der Waals surface area contributed by atoms with Gasteiger partial charge in [-0.15, -0.1) is 11.3 Å². The minimum absolute atomic E-state index is 0.105. The normalized spacial score (nSPS) is 10.9. The Bertz CT molecular complexity index is 881. The lowest BCUT2D eigenvalue weighted by Crippen LogP contribution is -2.42. The summed E-state index contributed by atoms with van der Waals surface area (Å²) in [5, 5.41) is 8.22. The van der Waals surface area contributed by atoms with Crippen molar-refractivity contribution >= 4 is 45.8 Å². The van der Waals surface area contributed by atoms with E-state index in [9.17, 15) is 14.4 Å². The van der Waals surface area contributed by atoms with Crippen molar-refractivity contribution in [2.75, 3.05) is 18.4 Å². The Morgan fingerprint density at radius 2 is 1.77 bits per heavy atom. The summed E-state index contributed by atoms with van der Waals surface area (Å²) in [5.74, 6) is -0.334. The molecular weight excluding hydrogens is 424 g/mol. The molecule has 0 radical (unpaired) electrons. The molecule has 0 aliphatic heterocycles. The molecule has 1 aromatic heterocycles. The molecule has 2 rings (SSSR count). The van der Waals surface area contributed by atoms with E-state index in [1.165, 1.54) is 16.2 Å². The molecule has 3 amide bonds. The quantitative estimate of drug-likeness (QED) is 0.610. The maximum atomic E-state index is 12.8. The molecule has 1 aromatic carbocycles. The van der Waals surface area contributed by atoms with Crippen LogP contribution in [0.25, 0.3) is 0 Å². The van der Waals surface area contributed by atoms with Crippen molar-refractivity contribution < 1.29 is 14.4 Å². The minimum atomic E-state index is -0.351. The number of nitrogens with zero attached hydrogens (tertiary/aromatic N) is 2. The Kier molecular flexibility index (Phi) is 8.80. The zero-order valence-electron chi connectivity index (χ0n) is 17.6. The van der Waals surface area contributed by atoms with Crippen LogP contribution in [0.5, 0.6) is 0 Å². The second kappa shape index (κ2) is 11.1. The maximum absolute atomic E-state index is 12.8. The lowest BCUT2D eigenvalue weighted by molar-refractivity contribution is -0.120. The second-order valence-corrected chi connectivity index (χ2v) is 8.90. The van der Waals surface area contributed by atoms with Gasteiger partial charge < -0.3 is 15.5 Å². The zero-order chi connectivity index (χ0) is 22.3. The fourth-order valence-corrected chi connectivity index (χ4v) is 3.40. The number of carbonyl (C=O) groups excluding carboxylic acids is 3. The number of thiazole rings is 1. The van der Waals surface area contributed by atoms with Gasteiger partial charge in [-0.3, -0.25) is 14.4 Å². The lowest BCUT2D eigenvalue weighted by atomic mass is 10.1. The number of aromatic nitrogens is 1. The third-order valence-electron chi connectivity index (χ3n) is 4.14. The highest BCUT2D eigenvalue weighted by Gasteiger charge is 2.22. The molecule has 0 aliphatic carbocycles. The summed E-state index contributed by atoms with van der Waals surface area (Å²) in [6, 6.07) is 6.38. The molecule has 30 heavy (non-hydrogen) atoms. The molecule has 9 heteroatoms. The first-order valence-electron chi connectivity index (χ1n) is 9.73. The zero-order valence-corrected chi connectivity index (χ0v) is 19.1. The van der Waals surface area contributed by atoms with Crippen LogP contribution < -0.4 is 10.6 Å². The predicted molar refractivity (Wildman–Crippen MR) is 120 cm³/mol. The van der Waals surface area contributed by atoms with Gasteiger partial charge in [-0.25, -0.2) is 4.98 Å². The van der Waals surface area contributed by atoms with Crippen LogP contribution >= 0.6 is 22.9 Å². The molecule has 0 saturated carbocycles. The molecule has 7 nitrogen and oxygen atoms in total. The van der Waals surface area contributed by atoms with Crippen molar-refractivity contribution in [2.24, 2.45) is 5.92 Å². The molecule has 0 saturated heterocycles. The average Bonchev–Trinajstić information content (AvgIpc) is 3.10. The van der Waals surface area contributed by atoms with Crippen molar-refractivity contribution in [1.29, 1.82) is 0 Å². The van der Waals surface area contributed by atoms with E-state index in [1.807, 2.05) is 27.7 Å². The van der Waals surface area contributed by atoms with Gasteiger partial charge in [0.2, 0.25) is 11.8 Å². The molecule has 0 unspecified atom stereocenters. The van der Waals surface area contributed by atoms with Gasteiger partial charge >= 0.3 is 0 Å². The first kappa shape index (κ1) is 23.8. The van der Waals surface area contributed by atoms with E-state index in [0.717, 1.165) is 0 Å². The van der Waals surface area contributed by atoms with Gasteiger partial charge in [0.1, 0.15) is 6.54 Å². The van der Waals surface area contributed by atoms with Gasteiger partial charge in [-0.1, -0.05) is 25.4 Å². The summed E-state index contributed by atoms with van der Waals surface area (Å²) < 4.78 is 0. The van der Waals surface area contributed by atoms with Crippen molar-refractivity contribution in [2.45, 2.75) is 40.2 Å². The molecule has 162 valence electrons. The number of halogens is 1. The third kappa shape index (κ3) is 7.42. The molecule has 0 fully saturated rings. The summed E-state index contributed by atoms with van der Waals surface area (Å²) in [5.41, 5.74) is 1.05. The average molecular weight is 451 g/mol. The predicted octanol–water partition coefficient (Wildman–Crippen LogP) is 3.60. The molecule has 2 N–H and O–H groups in total. The number of carbonyl (C=O) groups is 3. The Labute approximate surface area is 185 Å². The number of amides is 3. The van der Waals surface area contributed by atoms with Gasteiger partial charge in [0.15, 0.2) is 5.13 Å². The van der Waals surface area contributed by atoms with Crippen molar-refractivity contribution in [1.82, 2.24) is 15.2 Å². The fraction of sp³-hybridized carbons (Fsp3) is 0.429. The third-order valence-corrected chi connectivity index (χ3v) is 5.20. The molecule has 1 heterocycles. The number of benzene rings is 1. The molecule has 0 atom stereocenters. The summed E-state index contributed by atoms with van der Waals surface area (Å²) in [4.78, 5) is 42.9. The van der Waals surface area contributed by atoms with Crippen LogP contribution in [0.4, 0.5) is 5.13 Å². The van der Waals surface area contributed by atoms with Crippen LogP contribution in [0.15, 0.2) is 29.6 Å². The highest BCUT2D eigenvalue weighted by molar-refractivity contribution is 7.13. The van der Waals surface area contributed by atoms with Crippen LogP contribution in [0.3, 0.4) is 0 Å². The van der Waals surface area contributed by atoms with Crippen LogP contribution in [-0.2, 0) is 16.0 Å². The topological polar surface area (TPSA) is 91.4 Å². The lowest BCUT2D eigenvalue weighted by Gasteiger charge is -2.26. The van der Waals surface area contributed by atoms with Crippen LogP contribution in [0, 0.1) is 5.92 Å². The van der Waals surface area contributed by atoms with E-state index in [4.69, 9.17) is 11.6 Å². The largest absolute Gasteiger partial charge is 0.356 e. The summed E-state index contributed by atoms with van der Waals surface area (Å²) >= 11 is 7.12. The van der Waals surface area contributed by atoms with Crippen LogP contribution in [-0.4, -0.2) is 46.7 Å². The van der Waals surface area contributed by atoms with E-state index in [1.54, 1.807) is 29.6 Å². The number of nitrogens with one attached hydrogen (secondary N) is 2. The van der Waals surface area contributed by atoms with E-state index >= 15 is 0 Å². The molecule has 0 aliphatic rings. The summed E-state index contributed by atoms with van der Waals surface area (Å²) in [7, 11) is 0. The van der Waals surface area contributed by atoms with E-state index in [2.05, 4.69) is 15.6 Å². The van der Waals surface area contributed by atoms with Crippen LogP contribution in [0.1, 0.15) is 43.7 Å². The summed E-state index contributed by atoms with van der Waals surface area (Å²) in [6.07, 6.45) is 0.159. The monoisotopic (exact) mass is 450 g/mol. The van der Waals surface area contributed by atoms with Crippen LogP contribution in [0.2, 0.25) is 5.02 Å². The van der Waals surface area contributed by atoms with Gasteiger partial charge in [0.25, 0.3) is 5.91 Å². The van der Waals surface area contributed by atoms with Crippen molar-refractivity contribution in [3.63, 3.8) is 0 Å².